The Balaban J connectivity index is 0.000000241. The Hall–Kier alpha value is -3.70. The van der Waals surface area contributed by atoms with Crippen molar-refractivity contribution in [1.29, 1.82) is 0 Å². The molecule has 0 unspecified atom stereocenters. The minimum absolute atomic E-state index is 0. The summed E-state index contributed by atoms with van der Waals surface area (Å²) < 4.78 is 30.3. The summed E-state index contributed by atoms with van der Waals surface area (Å²) in [6.07, 6.45) is 4.17. The van der Waals surface area contributed by atoms with Gasteiger partial charge >= 0.3 is 0 Å². The summed E-state index contributed by atoms with van der Waals surface area (Å²) in [5.41, 5.74) is 8.39. The summed E-state index contributed by atoms with van der Waals surface area (Å²) >= 11 is 1.86. The van der Waals surface area contributed by atoms with Gasteiger partial charge in [0.05, 0.1) is 15.8 Å². The number of thiophene rings is 1. The molecule has 5 heterocycles. The van der Waals surface area contributed by atoms with Crippen LogP contribution in [0.15, 0.2) is 83.4 Å². The van der Waals surface area contributed by atoms with E-state index in [0.29, 0.717) is 11.3 Å². The van der Waals surface area contributed by atoms with Gasteiger partial charge in [-0.05, 0) is 78.2 Å². The van der Waals surface area contributed by atoms with Gasteiger partial charge in [0.15, 0.2) is 0 Å². The standard InChI is InChI=1S/C27H25N2OS.C12H10N.Ir/c1-15-9-10-17-16-7-6-8-18(23(16)30-25(17)28-15)19-11-12-20-22(29-19)21-24(31-20)27(4,5)14-13-26(21,2)3;1-10-7-8-12(13-9-10)11-5-3-2-4-6-11;/h6-7,9-12H,13-14H2,1-5H3;2-5,7-9H,1H3;/q2*-1;/i1D3;;. The van der Waals surface area contributed by atoms with Crippen molar-refractivity contribution in [3.63, 3.8) is 0 Å². The van der Waals surface area contributed by atoms with Crippen molar-refractivity contribution in [3.8, 4) is 22.5 Å². The summed E-state index contributed by atoms with van der Waals surface area (Å²) in [5, 5.41) is 1.67. The number of pyridine rings is 3. The SMILES string of the molecule is Cc1ccc(-c2[c-]cccc2)nc1.[2H]C([2H])([2H])c1ccc2c(n1)oc1c(-c3ccc4sc5c(c4n3)C(C)(C)CCC5(C)C)[c-]ccc12.[Ir]. The van der Waals surface area contributed by atoms with Gasteiger partial charge in [0, 0.05) is 46.4 Å². The molecule has 7 aromatic rings. The first kappa shape index (κ1) is 27.6. The van der Waals surface area contributed by atoms with E-state index in [9.17, 15) is 0 Å². The Morgan fingerprint density at radius 1 is 0.844 bits per heavy atom. The third-order valence-corrected chi connectivity index (χ3v) is 10.2. The largest absolute Gasteiger partial charge is 0.486 e. The Bertz CT molecular complexity index is 2260. The van der Waals surface area contributed by atoms with Crippen LogP contribution in [-0.4, -0.2) is 15.0 Å². The van der Waals surface area contributed by atoms with Crippen LogP contribution < -0.4 is 0 Å². The van der Waals surface area contributed by atoms with Crippen LogP contribution in [0.5, 0.6) is 0 Å². The first-order valence-corrected chi connectivity index (χ1v) is 15.7. The third kappa shape index (κ3) is 5.76. The van der Waals surface area contributed by atoms with Gasteiger partial charge in [-0.3, -0.25) is 4.98 Å². The fourth-order valence-corrected chi connectivity index (χ4v) is 7.53. The van der Waals surface area contributed by atoms with Crippen LogP contribution in [0, 0.1) is 25.9 Å². The second kappa shape index (κ2) is 11.9. The number of fused-ring (bicyclic) bond motifs is 6. The molecule has 0 saturated heterocycles. The number of hydrogen-bond donors (Lipinski definition) is 0. The van der Waals surface area contributed by atoms with Gasteiger partial charge in [-0.15, -0.1) is 65.4 Å². The van der Waals surface area contributed by atoms with Crippen molar-refractivity contribution < 1.29 is 28.6 Å². The topological polar surface area (TPSA) is 51.8 Å². The van der Waals surface area contributed by atoms with Crippen LogP contribution in [0.3, 0.4) is 0 Å². The van der Waals surface area contributed by atoms with Gasteiger partial charge in [0.1, 0.15) is 0 Å². The smallest absolute Gasteiger partial charge is 0.216 e. The number of hydrogen-bond acceptors (Lipinski definition) is 5. The zero-order valence-corrected chi connectivity index (χ0v) is 29.1. The maximum absolute atomic E-state index is 7.67. The Kier molecular flexibility index (Phi) is 7.30. The minimum Gasteiger partial charge on any atom is -0.486 e. The van der Waals surface area contributed by atoms with Crippen LogP contribution in [0.4, 0.5) is 0 Å². The Morgan fingerprint density at radius 2 is 1.67 bits per heavy atom. The number of aryl methyl sites for hydroxylation is 2. The molecule has 0 spiro atoms. The van der Waals surface area contributed by atoms with Gasteiger partial charge in [-0.25, -0.2) is 4.98 Å². The molecule has 8 rings (SSSR count). The molecular formula is C39H35IrN3OS-2. The second-order valence-electron chi connectivity index (χ2n) is 12.9. The molecule has 0 amide bonds. The van der Waals surface area contributed by atoms with E-state index < -0.39 is 6.85 Å². The van der Waals surface area contributed by atoms with E-state index in [1.54, 1.807) is 12.1 Å². The van der Waals surface area contributed by atoms with Crippen molar-refractivity contribution in [2.75, 3.05) is 0 Å². The molecule has 0 atom stereocenters. The maximum atomic E-state index is 7.67. The van der Waals surface area contributed by atoms with Crippen molar-refractivity contribution in [2.45, 2.75) is 65.1 Å². The van der Waals surface area contributed by atoms with E-state index in [2.05, 4.69) is 61.9 Å². The number of nitrogens with zero attached hydrogens (tertiary/aromatic N) is 3. The summed E-state index contributed by atoms with van der Waals surface area (Å²) in [6.45, 7) is 9.06. The summed E-state index contributed by atoms with van der Waals surface area (Å²) in [4.78, 5) is 15.2. The molecule has 6 heteroatoms. The third-order valence-electron chi connectivity index (χ3n) is 8.65. The van der Waals surface area contributed by atoms with Crippen molar-refractivity contribution in [2.24, 2.45) is 0 Å². The zero-order chi connectivity index (χ0) is 33.1. The van der Waals surface area contributed by atoms with Crippen LogP contribution >= 0.6 is 11.3 Å². The van der Waals surface area contributed by atoms with Crippen LogP contribution in [0.2, 0.25) is 0 Å². The van der Waals surface area contributed by atoms with Crippen molar-refractivity contribution in [3.05, 3.63) is 113 Å². The quantitative estimate of drug-likeness (QED) is 0.164. The predicted octanol–water partition coefficient (Wildman–Crippen LogP) is 10.6. The number of rotatable bonds is 2. The van der Waals surface area contributed by atoms with Gasteiger partial charge in [0.25, 0.3) is 0 Å². The van der Waals surface area contributed by atoms with E-state index in [1.165, 1.54) is 27.1 Å². The molecule has 5 aromatic heterocycles. The molecular weight excluding hydrogens is 751 g/mol. The van der Waals surface area contributed by atoms with E-state index in [0.717, 1.165) is 45.2 Å². The van der Waals surface area contributed by atoms with E-state index >= 15 is 0 Å². The first-order chi connectivity index (χ1) is 22.3. The number of benzene rings is 2. The van der Waals surface area contributed by atoms with E-state index in [4.69, 9.17) is 13.5 Å². The Labute approximate surface area is 286 Å². The van der Waals surface area contributed by atoms with Gasteiger partial charge < -0.3 is 9.40 Å². The molecule has 0 bridgehead atoms. The normalized spacial score (nSPS) is 16.2. The Morgan fingerprint density at radius 3 is 2.42 bits per heavy atom. The fourth-order valence-electron chi connectivity index (χ4n) is 6.08. The van der Waals surface area contributed by atoms with E-state index in [-0.39, 0.29) is 36.6 Å². The van der Waals surface area contributed by atoms with Crippen LogP contribution in [0.25, 0.3) is 54.8 Å². The molecule has 0 aliphatic heterocycles. The average molecular weight is 789 g/mol. The number of furan rings is 1. The zero-order valence-electron chi connectivity index (χ0n) is 28.9. The summed E-state index contributed by atoms with van der Waals surface area (Å²) in [6, 6.07) is 29.7. The molecule has 1 aliphatic carbocycles. The molecule has 0 fully saturated rings. The molecule has 229 valence electrons. The first-order valence-electron chi connectivity index (χ1n) is 16.4. The maximum Gasteiger partial charge on any atom is 0.216 e. The predicted molar refractivity (Wildman–Crippen MR) is 182 cm³/mol. The molecule has 1 aliphatic rings. The molecule has 1 radical (unpaired) electrons. The van der Waals surface area contributed by atoms with E-state index in [1.807, 2.05) is 73.0 Å². The molecule has 4 nitrogen and oxygen atoms in total. The van der Waals surface area contributed by atoms with Crippen LogP contribution in [0.1, 0.15) is 66.3 Å². The monoisotopic (exact) mass is 789 g/mol. The van der Waals surface area contributed by atoms with Crippen LogP contribution in [-0.2, 0) is 30.9 Å². The minimum atomic E-state index is -2.28. The summed E-state index contributed by atoms with van der Waals surface area (Å²) in [5.74, 6) is 0. The molecule has 45 heavy (non-hydrogen) atoms. The van der Waals surface area contributed by atoms with Crippen molar-refractivity contribution >= 4 is 43.6 Å². The number of aromatic nitrogens is 3. The van der Waals surface area contributed by atoms with Gasteiger partial charge in [-0.1, -0.05) is 56.8 Å². The fraction of sp³-hybridized carbons (Fsp3) is 0.256. The summed E-state index contributed by atoms with van der Waals surface area (Å²) in [7, 11) is 0. The molecule has 2 aromatic carbocycles. The van der Waals surface area contributed by atoms with Gasteiger partial charge in [0.2, 0.25) is 5.71 Å². The van der Waals surface area contributed by atoms with Crippen molar-refractivity contribution in [1.82, 2.24) is 15.0 Å². The van der Waals surface area contributed by atoms with Gasteiger partial charge in [-0.2, -0.15) is 0 Å². The second-order valence-corrected chi connectivity index (χ2v) is 13.9. The molecule has 0 N–H and O–H groups in total. The molecule has 0 saturated carbocycles. The average Bonchev–Trinajstić information content (AvgIpc) is 3.64.